The molecule has 0 aliphatic heterocycles. The summed E-state index contributed by atoms with van der Waals surface area (Å²) in [7, 11) is -4.12. The number of para-hydroxylation sites is 2. The zero-order valence-electron chi connectivity index (χ0n) is 20.9. The number of nitrogens with one attached hydrogen (secondary N) is 1. The van der Waals surface area contributed by atoms with Gasteiger partial charge in [0, 0.05) is 4.88 Å². The molecule has 0 saturated carbocycles. The van der Waals surface area contributed by atoms with Crippen molar-refractivity contribution in [2.75, 3.05) is 29.4 Å². The number of hydrogen-bond acceptors (Lipinski definition) is 7. The highest BCUT2D eigenvalue weighted by molar-refractivity contribution is 7.92. The summed E-state index contributed by atoms with van der Waals surface area (Å²) in [6.07, 6.45) is 3.55. The van der Waals surface area contributed by atoms with Gasteiger partial charge in [0.15, 0.2) is 0 Å². The van der Waals surface area contributed by atoms with Gasteiger partial charge in [-0.2, -0.15) is 0 Å². The summed E-state index contributed by atoms with van der Waals surface area (Å²) in [5.74, 6) is -0.710. The van der Waals surface area contributed by atoms with Crippen molar-refractivity contribution in [1.82, 2.24) is 0 Å². The average Bonchev–Trinajstić information content (AvgIpc) is 3.26. The second kappa shape index (κ2) is 11.8. The molecule has 0 radical (unpaired) electrons. The van der Waals surface area contributed by atoms with Gasteiger partial charge in [0.25, 0.3) is 10.0 Å². The number of ether oxygens (including phenoxy) is 2. The molecule has 10 heteroatoms. The molecule has 196 valence electrons. The van der Waals surface area contributed by atoms with Crippen LogP contribution >= 0.6 is 11.3 Å². The van der Waals surface area contributed by atoms with Crippen LogP contribution < -0.4 is 14.4 Å². The van der Waals surface area contributed by atoms with Crippen molar-refractivity contribution in [3.63, 3.8) is 0 Å². The molecular formula is C27H30N2O6S2. The SMILES string of the molecule is CCOC(=O)c1c(NC(=O)CN(c2ccccc2OCC)S(=O)(=O)c2ccccc2)sc2c1CCCC2. The molecule has 1 heterocycles. The van der Waals surface area contributed by atoms with Crippen molar-refractivity contribution in [2.24, 2.45) is 0 Å². The normalized spacial score (nSPS) is 12.9. The van der Waals surface area contributed by atoms with E-state index in [2.05, 4.69) is 5.32 Å². The van der Waals surface area contributed by atoms with Gasteiger partial charge in [-0.3, -0.25) is 9.10 Å². The lowest BCUT2D eigenvalue weighted by Gasteiger charge is -2.26. The van der Waals surface area contributed by atoms with E-state index in [0.717, 1.165) is 40.4 Å². The van der Waals surface area contributed by atoms with Gasteiger partial charge in [0.1, 0.15) is 17.3 Å². The second-order valence-corrected chi connectivity index (χ2v) is 11.4. The van der Waals surface area contributed by atoms with Crippen LogP contribution in [0.2, 0.25) is 0 Å². The number of nitrogens with zero attached hydrogens (tertiary/aromatic N) is 1. The van der Waals surface area contributed by atoms with Crippen LogP contribution in [0.5, 0.6) is 5.75 Å². The minimum absolute atomic E-state index is 0.0490. The van der Waals surface area contributed by atoms with E-state index in [1.165, 1.54) is 23.5 Å². The predicted molar refractivity (Wildman–Crippen MR) is 144 cm³/mol. The lowest BCUT2D eigenvalue weighted by molar-refractivity contribution is -0.114. The molecule has 0 spiro atoms. The number of carbonyl (C=O) groups excluding carboxylic acids is 2. The fourth-order valence-electron chi connectivity index (χ4n) is 4.33. The molecular weight excluding hydrogens is 512 g/mol. The average molecular weight is 543 g/mol. The van der Waals surface area contributed by atoms with Crippen LogP contribution in [-0.4, -0.2) is 40.1 Å². The Morgan fingerprint density at radius 3 is 2.41 bits per heavy atom. The summed E-state index contributed by atoms with van der Waals surface area (Å²) >= 11 is 1.36. The third-order valence-corrected chi connectivity index (χ3v) is 8.94. The molecule has 4 rings (SSSR count). The lowest BCUT2D eigenvalue weighted by atomic mass is 9.95. The maximum absolute atomic E-state index is 13.7. The minimum atomic E-state index is -4.12. The van der Waals surface area contributed by atoms with Crippen LogP contribution in [0.4, 0.5) is 10.7 Å². The van der Waals surface area contributed by atoms with E-state index in [1.807, 2.05) is 0 Å². The Kier molecular flexibility index (Phi) is 8.50. The summed E-state index contributed by atoms with van der Waals surface area (Å²) in [5.41, 5.74) is 1.54. The smallest absolute Gasteiger partial charge is 0.341 e. The Morgan fingerprint density at radius 2 is 1.68 bits per heavy atom. The third kappa shape index (κ3) is 5.80. The van der Waals surface area contributed by atoms with Gasteiger partial charge >= 0.3 is 5.97 Å². The first-order chi connectivity index (χ1) is 17.9. The number of aryl methyl sites for hydroxylation is 1. The quantitative estimate of drug-likeness (QED) is 0.360. The number of thiophene rings is 1. The summed E-state index contributed by atoms with van der Waals surface area (Å²) in [4.78, 5) is 27.3. The van der Waals surface area contributed by atoms with Crippen LogP contribution in [0.25, 0.3) is 0 Å². The Bertz CT molecular complexity index is 1370. The van der Waals surface area contributed by atoms with Crippen molar-refractivity contribution in [3.8, 4) is 5.75 Å². The van der Waals surface area contributed by atoms with Crippen molar-refractivity contribution in [2.45, 2.75) is 44.4 Å². The van der Waals surface area contributed by atoms with Gasteiger partial charge in [0.05, 0.1) is 29.4 Å². The summed E-state index contributed by atoms with van der Waals surface area (Å²) in [6.45, 7) is 3.57. The molecule has 1 aromatic heterocycles. The number of rotatable bonds is 10. The van der Waals surface area contributed by atoms with E-state index in [-0.39, 0.29) is 17.2 Å². The topological polar surface area (TPSA) is 102 Å². The molecule has 0 atom stereocenters. The molecule has 8 nitrogen and oxygen atoms in total. The first kappa shape index (κ1) is 26.7. The standard InChI is InChI=1S/C27H30N2O6S2/c1-3-34-22-16-10-9-15-21(22)29(37(32,33)19-12-6-5-7-13-19)18-24(30)28-26-25(27(31)35-4-2)20-14-8-11-17-23(20)36-26/h5-7,9-10,12-13,15-16H,3-4,8,11,14,17-18H2,1-2H3,(H,28,30). The summed E-state index contributed by atoms with van der Waals surface area (Å²) < 4.78 is 39.4. The molecule has 37 heavy (non-hydrogen) atoms. The molecule has 0 saturated heterocycles. The Hall–Kier alpha value is -3.37. The number of fused-ring (bicyclic) bond motifs is 1. The van der Waals surface area contributed by atoms with Gasteiger partial charge in [-0.05, 0) is 69.4 Å². The molecule has 0 bridgehead atoms. The van der Waals surface area contributed by atoms with Gasteiger partial charge < -0.3 is 14.8 Å². The summed E-state index contributed by atoms with van der Waals surface area (Å²) in [5, 5.41) is 3.21. The van der Waals surface area contributed by atoms with Crippen LogP contribution in [0, 0.1) is 0 Å². The monoisotopic (exact) mass is 542 g/mol. The van der Waals surface area contributed by atoms with Crippen LogP contribution in [-0.2, 0) is 32.4 Å². The summed E-state index contributed by atoms with van der Waals surface area (Å²) in [6, 6.07) is 14.6. The Balaban J connectivity index is 1.70. The van der Waals surface area contributed by atoms with E-state index < -0.39 is 28.4 Å². The number of carbonyl (C=O) groups is 2. The highest BCUT2D eigenvalue weighted by Crippen LogP contribution is 2.39. The van der Waals surface area contributed by atoms with Crippen molar-refractivity contribution < 1.29 is 27.5 Å². The van der Waals surface area contributed by atoms with E-state index in [9.17, 15) is 18.0 Å². The van der Waals surface area contributed by atoms with Crippen molar-refractivity contribution in [3.05, 3.63) is 70.6 Å². The highest BCUT2D eigenvalue weighted by atomic mass is 32.2. The maximum atomic E-state index is 13.7. The second-order valence-electron chi connectivity index (χ2n) is 8.41. The first-order valence-electron chi connectivity index (χ1n) is 12.3. The van der Waals surface area contributed by atoms with Crippen molar-refractivity contribution in [1.29, 1.82) is 0 Å². The number of sulfonamides is 1. The van der Waals surface area contributed by atoms with Gasteiger partial charge in [-0.15, -0.1) is 11.3 Å². The molecule has 1 aliphatic rings. The molecule has 3 aromatic rings. The van der Waals surface area contributed by atoms with E-state index in [0.29, 0.717) is 22.9 Å². The van der Waals surface area contributed by atoms with Crippen LogP contribution in [0.15, 0.2) is 59.5 Å². The number of benzene rings is 2. The molecule has 0 fully saturated rings. The fraction of sp³-hybridized carbons (Fsp3) is 0.333. The van der Waals surface area contributed by atoms with Gasteiger partial charge in [-0.1, -0.05) is 30.3 Å². The van der Waals surface area contributed by atoms with Crippen LogP contribution in [0.1, 0.15) is 47.5 Å². The molecule has 1 N–H and O–H groups in total. The largest absolute Gasteiger partial charge is 0.492 e. The Morgan fingerprint density at radius 1 is 0.973 bits per heavy atom. The lowest BCUT2D eigenvalue weighted by Crippen LogP contribution is -2.38. The first-order valence-corrected chi connectivity index (χ1v) is 14.5. The maximum Gasteiger partial charge on any atom is 0.341 e. The zero-order chi connectivity index (χ0) is 26.4. The molecule has 2 aromatic carbocycles. The van der Waals surface area contributed by atoms with E-state index >= 15 is 0 Å². The Labute approximate surface area is 221 Å². The van der Waals surface area contributed by atoms with E-state index in [4.69, 9.17) is 9.47 Å². The van der Waals surface area contributed by atoms with Gasteiger partial charge in [-0.25, -0.2) is 13.2 Å². The predicted octanol–water partition coefficient (Wildman–Crippen LogP) is 5.04. The number of anilines is 2. The fourth-order valence-corrected chi connectivity index (χ4v) is 7.08. The van der Waals surface area contributed by atoms with Crippen LogP contribution in [0.3, 0.4) is 0 Å². The third-order valence-electron chi connectivity index (χ3n) is 5.96. The zero-order valence-corrected chi connectivity index (χ0v) is 22.5. The van der Waals surface area contributed by atoms with Gasteiger partial charge in [0.2, 0.25) is 5.91 Å². The van der Waals surface area contributed by atoms with Crippen molar-refractivity contribution >= 4 is 43.9 Å². The highest BCUT2D eigenvalue weighted by Gasteiger charge is 2.31. The molecule has 1 aliphatic carbocycles. The van der Waals surface area contributed by atoms with E-state index in [1.54, 1.807) is 56.3 Å². The number of esters is 1. The number of hydrogen-bond donors (Lipinski definition) is 1. The number of amides is 1. The molecule has 0 unspecified atom stereocenters. The molecule has 1 amide bonds. The minimum Gasteiger partial charge on any atom is -0.492 e.